The lowest BCUT2D eigenvalue weighted by Crippen LogP contribution is -2.38. The molecular formula is C10H18N2O3. The zero-order chi connectivity index (χ0) is 11.5. The maximum atomic E-state index is 11.6. The molecule has 1 saturated heterocycles. The van der Waals surface area contributed by atoms with E-state index in [-0.39, 0.29) is 18.4 Å². The summed E-state index contributed by atoms with van der Waals surface area (Å²) in [7, 11) is 0. The molecule has 1 fully saturated rings. The van der Waals surface area contributed by atoms with Gasteiger partial charge >= 0.3 is 0 Å². The Morgan fingerprint density at radius 2 is 2.20 bits per heavy atom. The van der Waals surface area contributed by atoms with Crippen LogP contribution in [0, 0.1) is 5.41 Å². The molecular weight excluding hydrogens is 196 g/mol. The second-order valence-electron chi connectivity index (χ2n) is 4.32. The first-order valence-corrected chi connectivity index (χ1v) is 5.18. The predicted molar refractivity (Wildman–Crippen MR) is 54.8 cm³/mol. The molecule has 0 aromatic rings. The molecule has 1 rings (SSSR count). The smallest absolute Gasteiger partial charge is 0.225 e. The molecule has 5 nitrogen and oxygen atoms in total. The molecule has 86 valence electrons. The van der Waals surface area contributed by atoms with Gasteiger partial charge in [0, 0.05) is 26.1 Å². The quantitative estimate of drug-likeness (QED) is 0.660. The van der Waals surface area contributed by atoms with Gasteiger partial charge in [-0.15, -0.1) is 0 Å². The number of likely N-dealkylation sites (tertiary alicyclic amines) is 1. The number of nitrogens with two attached hydrogens (primary N) is 1. The molecule has 0 spiro atoms. The minimum absolute atomic E-state index is 0.00553. The number of carbonyl (C=O) groups is 2. The average molecular weight is 214 g/mol. The number of aliphatic hydroxyl groups is 1. The number of aliphatic hydroxyl groups excluding tert-OH is 1. The Labute approximate surface area is 89.2 Å². The Bertz CT molecular complexity index is 267. The molecule has 0 bridgehead atoms. The lowest BCUT2D eigenvalue weighted by atomic mass is 9.89. The van der Waals surface area contributed by atoms with Crippen molar-refractivity contribution in [3.05, 3.63) is 0 Å². The minimum atomic E-state index is -0.575. The van der Waals surface area contributed by atoms with E-state index in [1.807, 2.05) is 0 Å². The zero-order valence-electron chi connectivity index (χ0n) is 9.03. The van der Waals surface area contributed by atoms with E-state index in [0.717, 1.165) is 0 Å². The van der Waals surface area contributed by atoms with Crippen LogP contribution in [0.2, 0.25) is 0 Å². The van der Waals surface area contributed by atoms with Crippen molar-refractivity contribution < 1.29 is 14.7 Å². The van der Waals surface area contributed by atoms with Gasteiger partial charge in [-0.1, -0.05) is 0 Å². The maximum Gasteiger partial charge on any atom is 0.225 e. The summed E-state index contributed by atoms with van der Waals surface area (Å²) < 4.78 is 0. The highest BCUT2D eigenvalue weighted by atomic mass is 16.3. The average Bonchev–Trinajstić information content (AvgIpc) is 2.59. The van der Waals surface area contributed by atoms with Gasteiger partial charge < -0.3 is 15.7 Å². The molecule has 1 unspecified atom stereocenters. The van der Waals surface area contributed by atoms with Crippen LogP contribution in [0.1, 0.15) is 26.2 Å². The van der Waals surface area contributed by atoms with Gasteiger partial charge in [-0.05, 0) is 19.8 Å². The number of hydrogen-bond acceptors (Lipinski definition) is 3. The van der Waals surface area contributed by atoms with Crippen molar-refractivity contribution in [3.63, 3.8) is 0 Å². The van der Waals surface area contributed by atoms with E-state index >= 15 is 0 Å². The van der Waals surface area contributed by atoms with Crippen molar-refractivity contribution in [3.8, 4) is 0 Å². The Hall–Kier alpha value is -1.10. The third kappa shape index (κ3) is 2.68. The summed E-state index contributed by atoms with van der Waals surface area (Å²) in [6.45, 7) is 2.80. The molecule has 0 saturated carbocycles. The summed E-state index contributed by atoms with van der Waals surface area (Å²) in [5, 5.41) is 8.60. The van der Waals surface area contributed by atoms with E-state index in [4.69, 9.17) is 10.8 Å². The molecule has 1 atom stereocenters. The topological polar surface area (TPSA) is 83.6 Å². The van der Waals surface area contributed by atoms with Crippen LogP contribution < -0.4 is 5.73 Å². The van der Waals surface area contributed by atoms with Crippen molar-refractivity contribution in [2.75, 3.05) is 19.7 Å². The predicted octanol–water partition coefficient (Wildman–Crippen LogP) is -0.517. The van der Waals surface area contributed by atoms with Gasteiger partial charge in [-0.3, -0.25) is 9.59 Å². The van der Waals surface area contributed by atoms with Gasteiger partial charge in [-0.25, -0.2) is 0 Å². The fourth-order valence-electron chi connectivity index (χ4n) is 1.76. The first-order chi connectivity index (χ1) is 6.99. The zero-order valence-corrected chi connectivity index (χ0v) is 9.03. The van der Waals surface area contributed by atoms with Crippen LogP contribution in [0.3, 0.4) is 0 Å². The van der Waals surface area contributed by atoms with Crippen LogP contribution in [0.25, 0.3) is 0 Å². The van der Waals surface area contributed by atoms with E-state index in [2.05, 4.69) is 0 Å². The van der Waals surface area contributed by atoms with Crippen LogP contribution in [0.5, 0.6) is 0 Å². The van der Waals surface area contributed by atoms with Gasteiger partial charge in [0.25, 0.3) is 0 Å². The largest absolute Gasteiger partial charge is 0.396 e. The Morgan fingerprint density at radius 3 is 2.67 bits per heavy atom. The molecule has 0 radical (unpaired) electrons. The number of amides is 2. The minimum Gasteiger partial charge on any atom is -0.396 e. The second kappa shape index (κ2) is 4.61. The fourth-order valence-corrected chi connectivity index (χ4v) is 1.76. The summed E-state index contributed by atoms with van der Waals surface area (Å²) >= 11 is 0. The SMILES string of the molecule is CC1(C(N)=O)CCN(C(=O)CCCO)C1. The molecule has 1 aliphatic rings. The lowest BCUT2D eigenvalue weighted by molar-refractivity contribution is -0.131. The van der Waals surface area contributed by atoms with Crippen LogP contribution >= 0.6 is 0 Å². The Kier molecular flexibility index (Phi) is 3.68. The lowest BCUT2D eigenvalue weighted by Gasteiger charge is -2.20. The van der Waals surface area contributed by atoms with E-state index in [1.165, 1.54) is 0 Å². The highest BCUT2D eigenvalue weighted by Gasteiger charge is 2.40. The van der Waals surface area contributed by atoms with Crippen LogP contribution in [-0.2, 0) is 9.59 Å². The fraction of sp³-hybridized carbons (Fsp3) is 0.800. The van der Waals surface area contributed by atoms with Crippen molar-refractivity contribution >= 4 is 11.8 Å². The summed E-state index contributed by atoms with van der Waals surface area (Å²) in [4.78, 5) is 24.4. The normalized spacial score (nSPS) is 25.6. The van der Waals surface area contributed by atoms with Gasteiger partial charge in [0.2, 0.25) is 11.8 Å². The maximum absolute atomic E-state index is 11.6. The summed E-state index contributed by atoms with van der Waals surface area (Å²) in [5.74, 6) is -0.353. The number of nitrogens with zero attached hydrogens (tertiary/aromatic N) is 1. The van der Waals surface area contributed by atoms with Gasteiger partial charge in [0.15, 0.2) is 0 Å². The first-order valence-electron chi connectivity index (χ1n) is 5.18. The third-order valence-corrected chi connectivity index (χ3v) is 2.97. The molecule has 1 heterocycles. The molecule has 0 aromatic carbocycles. The Balaban J connectivity index is 2.49. The molecule has 15 heavy (non-hydrogen) atoms. The highest BCUT2D eigenvalue weighted by molar-refractivity contribution is 5.83. The van der Waals surface area contributed by atoms with Gasteiger partial charge in [-0.2, -0.15) is 0 Å². The number of primary amides is 1. The third-order valence-electron chi connectivity index (χ3n) is 2.97. The van der Waals surface area contributed by atoms with Crippen LogP contribution in [0.15, 0.2) is 0 Å². The molecule has 5 heteroatoms. The van der Waals surface area contributed by atoms with Crippen LogP contribution in [-0.4, -0.2) is 41.5 Å². The van der Waals surface area contributed by atoms with Gasteiger partial charge in [0.1, 0.15) is 0 Å². The first kappa shape index (κ1) is 12.0. The van der Waals surface area contributed by atoms with Crippen molar-refractivity contribution in [2.24, 2.45) is 11.1 Å². The second-order valence-corrected chi connectivity index (χ2v) is 4.32. The van der Waals surface area contributed by atoms with Crippen molar-refractivity contribution in [2.45, 2.75) is 26.2 Å². The monoisotopic (exact) mass is 214 g/mol. The van der Waals surface area contributed by atoms with Crippen molar-refractivity contribution in [1.82, 2.24) is 4.90 Å². The molecule has 2 amide bonds. The summed E-state index contributed by atoms with van der Waals surface area (Å²) in [6.07, 6.45) is 1.45. The number of rotatable bonds is 4. The number of hydrogen-bond donors (Lipinski definition) is 2. The van der Waals surface area contributed by atoms with Crippen LogP contribution in [0.4, 0.5) is 0 Å². The van der Waals surface area contributed by atoms with E-state index in [9.17, 15) is 9.59 Å². The van der Waals surface area contributed by atoms with E-state index in [0.29, 0.717) is 32.4 Å². The van der Waals surface area contributed by atoms with E-state index < -0.39 is 5.41 Å². The standard InChI is InChI=1S/C10H18N2O3/c1-10(9(11)15)4-5-12(7-10)8(14)3-2-6-13/h13H,2-7H2,1H3,(H2,11,15). The number of carbonyl (C=O) groups excluding carboxylic acids is 2. The van der Waals surface area contributed by atoms with Gasteiger partial charge in [0.05, 0.1) is 5.41 Å². The molecule has 0 aliphatic carbocycles. The van der Waals surface area contributed by atoms with Crippen molar-refractivity contribution in [1.29, 1.82) is 0 Å². The summed E-state index contributed by atoms with van der Waals surface area (Å²) in [5.41, 5.74) is 4.70. The summed E-state index contributed by atoms with van der Waals surface area (Å²) in [6, 6.07) is 0. The Morgan fingerprint density at radius 1 is 1.53 bits per heavy atom. The molecule has 0 aromatic heterocycles. The van der Waals surface area contributed by atoms with E-state index in [1.54, 1.807) is 11.8 Å². The highest BCUT2D eigenvalue weighted by Crippen LogP contribution is 2.29. The molecule has 1 aliphatic heterocycles. The molecule has 3 N–H and O–H groups in total.